The van der Waals surface area contributed by atoms with Crippen LogP contribution in [-0.4, -0.2) is 41.6 Å². The first-order chi connectivity index (χ1) is 16.5. The smallest absolute Gasteiger partial charge is 0.418 e. The minimum Gasteiger partial charge on any atom is -0.482 e. The highest BCUT2D eigenvalue weighted by Crippen LogP contribution is 2.39. The van der Waals surface area contributed by atoms with Gasteiger partial charge in [0.15, 0.2) is 6.61 Å². The SMILES string of the molecule is O=C(O)COc1cccc2c1CCC(O)C2CCOC(=O)N(c1ccccc1)c1ccccc1. The molecule has 0 heterocycles. The molecule has 0 aromatic heterocycles. The molecule has 34 heavy (non-hydrogen) atoms. The van der Waals surface area contributed by atoms with Crippen LogP contribution in [0, 0.1) is 0 Å². The van der Waals surface area contributed by atoms with Crippen LogP contribution in [0.25, 0.3) is 0 Å². The second-order valence-corrected chi connectivity index (χ2v) is 8.13. The van der Waals surface area contributed by atoms with Gasteiger partial charge < -0.3 is 19.7 Å². The van der Waals surface area contributed by atoms with Gasteiger partial charge >= 0.3 is 12.1 Å². The summed E-state index contributed by atoms with van der Waals surface area (Å²) in [6, 6.07) is 24.0. The van der Waals surface area contributed by atoms with Gasteiger partial charge in [0.1, 0.15) is 5.75 Å². The van der Waals surface area contributed by atoms with Crippen molar-refractivity contribution in [3.05, 3.63) is 90.0 Å². The van der Waals surface area contributed by atoms with Gasteiger partial charge in [-0.2, -0.15) is 0 Å². The van der Waals surface area contributed by atoms with Crippen molar-refractivity contribution in [1.82, 2.24) is 0 Å². The number of fused-ring (bicyclic) bond motifs is 1. The van der Waals surface area contributed by atoms with Crippen LogP contribution in [-0.2, 0) is 16.0 Å². The topological polar surface area (TPSA) is 96.3 Å². The number of benzene rings is 3. The second-order valence-electron chi connectivity index (χ2n) is 8.13. The van der Waals surface area contributed by atoms with E-state index in [1.165, 1.54) is 4.90 Å². The van der Waals surface area contributed by atoms with E-state index in [0.29, 0.717) is 36.4 Å². The number of rotatable bonds is 8. The van der Waals surface area contributed by atoms with Crippen molar-refractivity contribution in [1.29, 1.82) is 0 Å². The van der Waals surface area contributed by atoms with Crippen LogP contribution in [0.1, 0.15) is 29.9 Å². The predicted molar refractivity (Wildman–Crippen MR) is 128 cm³/mol. The first-order valence-electron chi connectivity index (χ1n) is 11.3. The highest BCUT2D eigenvalue weighted by molar-refractivity contribution is 5.95. The fourth-order valence-electron chi connectivity index (χ4n) is 4.37. The Morgan fingerprint density at radius 2 is 1.56 bits per heavy atom. The maximum Gasteiger partial charge on any atom is 0.418 e. The van der Waals surface area contributed by atoms with Crippen LogP contribution in [0.3, 0.4) is 0 Å². The number of hydrogen-bond acceptors (Lipinski definition) is 5. The molecule has 0 saturated heterocycles. The number of carbonyl (C=O) groups excluding carboxylic acids is 1. The summed E-state index contributed by atoms with van der Waals surface area (Å²) in [4.78, 5) is 25.5. The summed E-state index contributed by atoms with van der Waals surface area (Å²) in [7, 11) is 0. The fraction of sp³-hybridized carbons (Fsp3) is 0.259. The number of aliphatic hydroxyl groups is 1. The Kier molecular flexibility index (Phi) is 7.44. The van der Waals surface area contributed by atoms with E-state index in [1.807, 2.05) is 66.7 Å². The molecule has 0 radical (unpaired) electrons. The molecule has 2 N–H and O–H groups in total. The Balaban J connectivity index is 1.47. The summed E-state index contributed by atoms with van der Waals surface area (Å²) in [6.45, 7) is -0.299. The quantitative estimate of drug-likeness (QED) is 0.495. The fourth-order valence-corrected chi connectivity index (χ4v) is 4.37. The minimum absolute atomic E-state index is 0.121. The van der Waals surface area contributed by atoms with E-state index in [4.69, 9.17) is 14.6 Å². The number of amides is 1. The zero-order chi connectivity index (χ0) is 23.9. The normalized spacial score (nSPS) is 16.9. The highest BCUT2D eigenvalue weighted by Gasteiger charge is 2.30. The molecule has 1 aliphatic carbocycles. The van der Waals surface area contributed by atoms with Gasteiger partial charge in [-0.15, -0.1) is 0 Å². The van der Waals surface area contributed by atoms with E-state index in [2.05, 4.69) is 0 Å². The molecule has 0 bridgehead atoms. The van der Waals surface area contributed by atoms with Crippen molar-refractivity contribution >= 4 is 23.4 Å². The van der Waals surface area contributed by atoms with Crippen LogP contribution in [0.2, 0.25) is 0 Å². The Labute approximate surface area is 198 Å². The third-order valence-corrected chi connectivity index (χ3v) is 5.94. The van der Waals surface area contributed by atoms with Gasteiger partial charge in [0.2, 0.25) is 0 Å². The molecule has 4 rings (SSSR count). The van der Waals surface area contributed by atoms with Crippen LogP contribution < -0.4 is 9.64 Å². The highest BCUT2D eigenvalue weighted by atomic mass is 16.6. The predicted octanol–water partition coefficient (Wildman–Crippen LogP) is 4.91. The summed E-state index contributed by atoms with van der Waals surface area (Å²) in [5, 5.41) is 19.6. The molecule has 1 aliphatic rings. The zero-order valence-electron chi connectivity index (χ0n) is 18.7. The Morgan fingerprint density at radius 3 is 2.18 bits per heavy atom. The number of hydrogen-bond donors (Lipinski definition) is 2. The summed E-state index contributed by atoms with van der Waals surface area (Å²) < 4.78 is 11.1. The van der Waals surface area contributed by atoms with E-state index < -0.39 is 24.8 Å². The number of anilines is 2. The maximum absolute atomic E-state index is 13.1. The lowest BCUT2D eigenvalue weighted by atomic mass is 9.79. The number of carboxylic acid groups (broad SMARTS) is 1. The number of carbonyl (C=O) groups is 2. The number of nitrogens with zero attached hydrogens (tertiary/aromatic N) is 1. The Hall–Kier alpha value is -3.84. The number of aliphatic hydroxyl groups excluding tert-OH is 1. The molecule has 3 aromatic rings. The first-order valence-corrected chi connectivity index (χ1v) is 11.3. The monoisotopic (exact) mass is 461 g/mol. The average Bonchev–Trinajstić information content (AvgIpc) is 2.85. The maximum atomic E-state index is 13.1. The molecular weight excluding hydrogens is 434 g/mol. The van der Waals surface area contributed by atoms with Crippen LogP contribution >= 0.6 is 0 Å². The Morgan fingerprint density at radius 1 is 0.912 bits per heavy atom. The minimum atomic E-state index is -1.04. The third-order valence-electron chi connectivity index (χ3n) is 5.94. The number of para-hydroxylation sites is 2. The van der Waals surface area contributed by atoms with Crippen molar-refractivity contribution in [2.75, 3.05) is 18.1 Å². The summed E-state index contributed by atoms with van der Waals surface area (Å²) in [5.74, 6) is -0.766. The van der Waals surface area contributed by atoms with Gasteiger partial charge in [0, 0.05) is 5.92 Å². The van der Waals surface area contributed by atoms with Gasteiger partial charge in [0.25, 0.3) is 0 Å². The average molecular weight is 462 g/mol. The molecule has 7 nitrogen and oxygen atoms in total. The largest absolute Gasteiger partial charge is 0.482 e. The molecule has 7 heteroatoms. The van der Waals surface area contributed by atoms with Crippen LogP contribution in [0.5, 0.6) is 5.75 Å². The van der Waals surface area contributed by atoms with Gasteiger partial charge in [-0.05, 0) is 60.7 Å². The molecule has 1 amide bonds. The third kappa shape index (κ3) is 5.38. The molecule has 2 atom stereocenters. The lowest BCUT2D eigenvalue weighted by Crippen LogP contribution is -2.30. The van der Waals surface area contributed by atoms with Gasteiger partial charge in [-0.25, -0.2) is 14.5 Å². The molecule has 0 saturated carbocycles. The summed E-state index contributed by atoms with van der Waals surface area (Å²) in [5.41, 5.74) is 3.20. The van der Waals surface area contributed by atoms with E-state index in [0.717, 1.165) is 11.1 Å². The van der Waals surface area contributed by atoms with E-state index >= 15 is 0 Å². The molecule has 176 valence electrons. The van der Waals surface area contributed by atoms with E-state index in [-0.39, 0.29) is 12.5 Å². The van der Waals surface area contributed by atoms with Gasteiger partial charge in [0.05, 0.1) is 24.1 Å². The molecule has 0 spiro atoms. The van der Waals surface area contributed by atoms with Gasteiger partial charge in [-0.3, -0.25) is 0 Å². The molecular formula is C27H27NO6. The molecule has 0 aliphatic heterocycles. The van der Waals surface area contributed by atoms with E-state index in [9.17, 15) is 14.7 Å². The lowest BCUT2D eigenvalue weighted by molar-refractivity contribution is -0.139. The van der Waals surface area contributed by atoms with Crippen molar-refractivity contribution in [3.8, 4) is 5.75 Å². The second kappa shape index (κ2) is 10.9. The number of carboxylic acids is 1. The van der Waals surface area contributed by atoms with Crippen LogP contribution in [0.15, 0.2) is 78.9 Å². The van der Waals surface area contributed by atoms with Crippen molar-refractivity contribution in [2.24, 2.45) is 0 Å². The van der Waals surface area contributed by atoms with Crippen molar-refractivity contribution in [3.63, 3.8) is 0 Å². The Bertz CT molecular complexity index is 1080. The molecule has 3 aromatic carbocycles. The van der Waals surface area contributed by atoms with Crippen molar-refractivity contribution in [2.45, 2.75) is 31.3 Å². The van der Waals surface area contributed by atoms with Crippen LogP contribution in [0.4, 0.5) is 16.2 Å². The molecule has 2 unspecified atom stereocenters. The summed E-state index contributed by atoms with van der Waals surface area (Å²) in [6.07, 6.45) is 0.471. The number of aliphatic carboxylic acids is 1. The van der Waals surface area contributed by atoms with E-state index in [1.54, 1.807) is 12.1 Å². The first kappa shape index (κ1) is 23.3. The zero-order valence-corrected chi connectivity index (χ0v) is 18.7. The summed E-state index contributed by atoms with van der Waals surface area (Å²) >= 11 is 0. The molecule has 0 fully saturated rings. The van der Waals surface area contributed by atoms with Gasteiger partial charge in [-0.1, -0.05) is 48.5 Å². The number of ether oxygens (including phenoxy) is 2. The lowest BCUT2D eigenvalue weighted by Gasteiger charge is -2.31. The standard InChI is InChI=1S/C27H27NO6/c29-24-15-14-23-21(12-7-13-25(23)34-18-26(30)31)22(24)16-17-33-27(32)28(19-8-3-1-4-9-19)20-10-5-2-6-11-20/h1-13,22,24,29H,14-18H2,(H,30,31). The van der Waals surface area contributed by atoms with Crippen molar-refractivity contribution < 1.29 is 29.3 Å².